The van der Waals surface area contributed by atoms with Crippen molar-refractivity contribution in [2.24, 2.45) is 0 Å². The van der Waals surface area contributed by atoms with Crippen LogP contribution in [0.15, 0.2) is 42.6 Å². The number of alkyl halides is 9. The number of rotatable bonds is 4. The summed E-state index contributed by atoms with van der Waals surface area (Å²) in [5.74, 6) is -1.97. The lowest BCUT2D eigenvalue weighted by Gasteiger charge is -2.33. The molecule has 9 nitrogen and oxygen atoms in total. The number of halogens is 9. The number of carbonyl (C=O) groups is 1. The normalized spacial score (nSPS) is 16.2. The zero-order valence-electron chi connectivity index (χ0n) is 24.1. The van der Waals surface area contributed by atoms with Crippen LogP contribution in [0.25, 0.3) is 0 Å². The minimum absolute atomic E-state index is 0.137. The second kappa shape index (κ2) is 13.6. The van der Waals surface area contributed by atoms with Crippen molar-refractivity contribution in [3.63, 3.8) is 0 Å². The summed E-state index contributed by atoms with van der Waals surface area (Å²) in [6.07, 6.45) is -12.1. The molecule has 5 rings (SSSR count). The average molecular weight is 666 g/mol. The molecule has 0 unspecified atom stereocenters. The van der Waals surface area contributed by atoms with Gasteiger partial charge in [-0.1, -0.05) is 0 Å². The molecule has 1 aromatic carbocycles. The number of anilines is 4. The van der Waals surface area contributed by atoms with Gasteiger partial charge in [0.05, 0.1) is 16.8 Å². The standard InChI is InChI=1S/C26H27F6N7.C2HF3O2/c1-37-13-15-39(16-14-37)24-35-21-9-12-38(23-20(26(30,31)32)3-2-10-33-23)11-8-19(21)22(36-24)34-18-6-4-17(5-7-18)25(27,28)29;3-2(4,5)1(6)7/h2-7,10H,8-9,11-16H2,1H3,(H,34,35,36);(H,6,7). The lowest BCUT2D eigenvalue weighted by molar-refractivity contribution is -0.192. The van der Waals surface area contributed by atoms with Gasteiger partial charge in [0, 0.05) is 63.1 Å². The number of carboxylic acids is 1. The predicted octanol–water partition coefficient (Wildman–Crippen LogP) is 5.64. The maximum Gasteiger partial charge on any atom is 0.490 e. The number of piperazine rings is 1. The van der Waals surface area contributed by atoms with Crippen LogP contribution >= 0.6 is 0 Å². The number of benzene rings is 1. The first-order valence-electron chi connectivity index (χ1n) is 13.8. The van der Waals surface area contributed by atoms with Crippen LogP contribution in [-0.4, -0.2) is 83.4 Å². The molecule has 46 heavy (non-hydrogen) atoms. The third-order valence-electron chi connectivity index (χ3n) is 7.23. The summed E-state index contributed by atoms with van der Waals surface area (Å²) in [4.78, 5) is 28.3. The van der Waals surface area contributed by atoms with Crippen LogP contribution < -0.4 is 15.1 Å². The molecule has 1 fully saturated rings. The number of carboxylic acid groups (broad SMARTS) is 1. The molecule has 4 heterocycles. The second-order valence-electron chi connectivity index (χ2n) is 10.5. The van der Waals surface area contributed by atoms with E-state index in [1.165, 1.54) is 24.4 Å². The molecule has 2 aliphatic heterocycles. The van der Waals surface area contributed by atoms with E-state index in [-0.39, 0.29) is 18.9 Å². The first kappa shape index (κ1) is 34.5. The van der Waals surface area contributed by atoms with Gasteiger partial charge in [0.1, 0.15) is 11.6 Å². The molecule has 0 saturated carbocycles. The van der Waals surface area contributed by atoms with Gasteiger partial charge in [0.25, 0.3) is 0 Å². The largest absolute Gasteiger partial charge is 0.490 e. The summed E-state index contributed by atoms with van der Waals surface area (Å²) < 4.78 is 112. The Balaban J connectivity index is 0.000000617. The fraction of sp³-hybridized carbons (Fsp3) is 0.429. The van der Waals surface area contributed by atoms with E-state index in [9.17, 15) is 39.5 Å². The highest BCUT2D eigenvalue weighted by atomic mass is 19.4. The lowest BCUT2D eigenvalue weighted by atomic mass is 10.1. The predicted molar refractivity (Wildman–Crippen MR) is 149 cm³/mol. The van der Waals surface area contributed by atoms with Crippen molar-refractivity contribution in [1.29, 1.82) is 0 Å². The Morgan fingerprint density at radius 3 is 1.98 bits per heavy atom. The van der Waals surface area contributed by atoms with Crippen molar-refractivity contribution in [2.75, 3.05) is 61.4 Å². The van der Waals surface area contributed by atoms with E-state index in [1.54, 1.807) is 4.90 Å². The molecule has 2 aromatic heterocycles. The number of fused-ring (bicyclic) bond motifs is 1. The monoisotopic (exact) mass is 665 g/mol. The summed E-state index contributed by atoms with van der Waals surface area (Å²) >= 11 is 0. The maximum atomic E-state index is 13.7. The van der Waals surface area contributed by atoms with Crippen LogP contribution in [0.5, 0.6) is 0 Å². The van der Waals surface area contributed by atoms with E-state index >= 15 is 0 Å². The number of hydrogen-bond donors (Lipinski definition) is 2. The van der Waals surface area contributed by atoms with Crippen molar-refractivity contribution < 1.29 is 49.4 Å². The highest BCUT2D eigenvalue weighted by molar-refractivity contribution is 5.73. The lowest BCUT2D eigenvalue weighted by Crippen LogP contribution is -2.45. The quantitative estimate of drug-likeness (QED) is 0.343. The SMILES string of the molecule is CN1CCN(c2nc3c(c(Nc4ccc(C(F)(F)F)cc4)n2)CCN(c2ncccc2C(F)(F)F)CC3)CC1.O=C(O)C(F)(F)F. The highest BCUT2D eigenvalue weighted by Gasteiger charge is 2.38. The summed E-state index contributed by atoms with van der Waals surface area (Å²) in [5.41, 5.74) is 0.265. The van der Waals surface area contributed by atoms with Gasteiger partial charge in [-0.05, 0) is 49.9 Å². The zero-order valence-corrected chi connectivity index (χ0v) is 24.1. The van der Waals surface area contributed by atoms with E-state index in [4.69, 9.17) is 19.9 Å². The van der Waals surface area contributed by atoms with Gasteiger partial charge in [0.2, 0.25) is 5.95 Å². The first-order valence-corrected chi connectivity index (χ1v) is 13.8. The van der Waals surface area contributed by atoms with Gasteiger partial charge in [0.15, 0.2) is 0 Å². The van der Waals surface area contributed by atoms with E-state index in [0.717, 1.165) is 36.9 Å². The fourth-order valence-electron chi connectivity index (χ4n) is 4.80. The minimum Gasteiger partial charge on any atom is -0.475 e. The van der Waals surface area contributed by atoms with Crippen LogP contribution in [-0.2, 0) is 30.0 Å². The maximum absolute atomic E-state index is 13.7. The van der Waals surface area contributed by atoms with Gasteiger partial charge in [-0.3, -0.25) is 0 Å². The van der Waals surface area contributed by atoms with E-state index in [1.807, 2.05) is 11.9 Å². The summed E-state index contributed by atoms with van der Waals surface area (Å²) in [6.45, 7) is 3.54. The van der Waals surface area contributed by atoms with Crippen LogP contribution in [0.3, 0.4) is 0 Å². The number of likely N-dealkylation sites (N-methyl/N-ethyl adjacent to an activating group) is 1. The van der Waals surface area contributed by atoms with Crippen molar-refractivity contribution in [3.8, 4) is 0 Å². The number of pyridine rings is 1. The second-order valence-corrected chi connectivity index (χ2v) is 10.5. The fourth-order valence-corrected chi connectivity index (χ4v) is 4.80. The molecule has 18 heteroatoms. The Morgan fingerprint density at radius 2 is 1.41 bits per heavy atom. The Morgan fingerprint density at radius 1 is 0.804 bits per heavy atom. The molecule has 0 atom stereocenters. The molecule has 250 valence electrons. The number of nitrogens with one attached hydrogen (secondary N) is 1. The Hall–Kier alpha value is -4.35. The number of hydrogen-bond acceptors (Lipinski definition) is 8. The van der Waals surface area contributed by atoms with Crippen LogP contribution in [0.4, 0.5) is 62.8 Å². The molecule has 0 bridgehead atoms. The summed E-state index contributed by atoms with van der Waals surface area (Å²) in [5, 5.41) is 10.3. The number of aromatic nitrogens is 3. The van der Waals surface area contributed by atoms with Crippen LogP contribution in [0, 0.1) is 0 Å². The van der Waals surface area contributed by atoms with Gasteiger partial charge < -0.3 is 25.1 Å². The third kappa shape index (κ3) is 8.67. The smallest absolute Gasteiger partial charge is 0.475 e. The zero-order chi connectivity index (χ0) is 33.9. The van der Waals surface area contributed by atoms with Crippen molar-refractivity contribution >= 4 is 29.2 Å². The van der Waals surface area contributed by atoms with Gasteiger partial charge >= 0.3 is 24.5 Å². The molecule has 1 saturated heterocycles. The van der Waals surface area contributed by atoms with Gasteiger partial charge in [-0.15, -0.1) is 0 Å². The summed E-state index contributed by atoms with van der Waals surface area (Å²) in [6, 6.07) is 6.93. The third-order valence-corrected chi connectivity index (χ3v) is 7.23. The van der Waals surface area contributed by atoms with Gasteiger partial charge in [-0.2, -0.15) is 44.5 Å². The molecule has 0 radical (unpaired) electrons. The molecule has 3 aromatic rings. The topological polar surface area (TPSA) is 97.7 Å². The molecule has 2 N–H and O–H groups in total. The highest BCUT2D eigenvalue weighted by Crippen LogP contribution is 2.37. The van der Waals surface area contributed by atoms with Crippen LogP contribution in [0.1, 0.15) is 22.4 Å². The molecule has 2 aliphatic rings. The minimum atomic E-state index is -5.08. The first-order chi connectivity index (χ1) is 21.4. The molecular weight excluding hydrogens is 637 g/mol. The number of nitrogens with zero attached hydrogens (tertiary/aromatic N) is 6. The Bertz CT molecular complexity index is 1510. The van der Waals surface area contributed by atoms with Crippen LogP contribution in [0.2, 0.25) is 0 Å². The Labute approximate surface area is 256 Å². The molecule has 0 aliphatic carbocycles. The van der Waals surface area contributed by atoms with Crippen molar-refractivity contribution in [3.05, 3.63) is 65.0 Å². The number of aliphatic carboxylic acids is 1. The molecule has 0 spiro atoms. The van der Waals surface area contributed by atoms with E-state index in [2.05, 4.69) is 15.2 Å². The van der Waals surface area contributed by atoms with E-state index < -0.39 is 35.6 Å². The molecular formula is C28H28F9N7O2. The van der Waals surface area contributed by atoms with Crippen molar-refractivity contribution in [1.82, 2.24) is 19.9 Å². The average Bonchev–Trinajstić information content (AvgIpc) is 3.20. The summed E-state index contributed by atoms with van der Waals surface area (Å²) in [7, 11) is 2.02. The van der Waals surface area contributed by atoms with E-state index in [0.29, 0.717) is 49.1 Å². The Kier molecular flexibility index (Phi) is 10.2. The van der Waals surface area contributed by atoms with Crippen molar-refractivity contribution in [2.45, 2.75) is 31.4 Å². The molecule has 0 amide bonds. The van der Waals surface area contributed by atoms with Gasteiger partial charge in [-0.25, -0.2) is 14.8 Å².